The van der Waals surface area contributed by atoms with Gasteiger partial charge in [0.2, 0.25) is 0 Å². The third-order valence-corrected chi connectivity index (χ3v) is 2.80. The maximum Gasteiger partial charge on any atom is 0.333 e. The van der Waals surface area contributed by atoms with Crippen molar-refractivity contribution in [3.8, 4) is 0 Å². The predicted octanol–water partition coefficient (Wildman–Crippen LogP) is 2.99. The molecule has 2 heteroatoms. The first-order valence-electron chi connectivity index (χ1n) is 5.03. The van der Waals surface area contributed by atoms with Gasteiger partial charge in [0, 0.05) is 5.57 Å². The Labute approximate surface area is 85.6 Å². The molecule has 0 heterocycles. The van der Waals surface area contributed by atoms with Gasteiger partial charge in [0.05, 0.1) is 0 Å². The maximum atomic E-state index is 11.4. The molecule has 78 valence electrons. The zero-order valence-electron chi connectivity index (χ0n) is 9.06. The van der Waals surface area contributed by atoms with E-state index in [2.05, 4.69) is 13.2 Å². The van der Waals surface area contributed by atoms with Gasteiger partial charge in [-0.25, -0.2) is 4.79 Å². The van der Waals surface area contributed by atoms with Crippen molar-refractivity contribution in [2.45, 2.75) is 45.1 Å². The van der Waals surface area contributed by atoms with E-state index in [1.54, 1.807) is 6.92 Å². The van der Waals surface area contributed by atoms with E-state index in [1.165, 1.54) is 0 Å². The molecule has 14 heavy (non-hydrogen) atoms. The summed E-state index contributed by atoms with van der Waals surface area (Å²) < 4.78 is 5.41. The molecule has 0 aromatic rings. The van der Waals surface area contributed by atoms with Gasteiger partial charge < -0.3 is 4.74 Å². The minimum atomic E-state index is -0.464. The minimum Gasteiger partial charge on any atom is -0.452 e. The lowest BCUT2D eigenvalue weighted by Crippen LogP contribution is -2.36. The van der Waals surface area contributed by atoms with Crippen molar-refractivity contribution in [3.05, 3.63) is 24.3 Å². The lowest BCUT2D eigenvalue weighted by Gasteiger charge is -2.35. The highest BCUT2D eigenvalue weighted by molar-refractivity contribution is 5.87. The van der Waals surface area contributed by atoms with Crippen LogP contribution in [0.15, 0.2) is 24.3 Å². The molecule has 1 atom stereocenters. The van der Waals surface area contributed by atoms with Gasteiger partial charge in [-0.05, 0) is 45.1 Å². The summed E-state index contributed by atoms with van der Waals surface area (Å²) in [6, 6.07) is 0. The second kappa shape index (κ2) is 3.99. The van der Waals surface area contributed by atoms with Crippen molar-refractivity contribution in [2.24, 2.45) is 0 Å². The Hall–Kier alpha value is -1.05. The lowest BCUT2D eigenvalue weighted by atomic mass is 9.82. The Balaban J connectivity index is 2.69. The highest BCUT2D eigenvalue weighted by Crippen LogP contribution is 2.35. The Morgan fingerprint density at radius 1 is 1.50 bits per heavy atom. The molecule has 1 rings (SSSR count). The molecule has 2 nitrogen and oxygen atoms in total. The highest BCUT2D eigenvalue weighted by Gasteiger charge is 2.34. The third kappa shape index (κ3) is 2.25. The molecule has 1 unspecified atom stereocenters. The number of rotatable bonds is 2. The van der Waals surface area contributed by atoms with Crippen molar-refractivity contribution in [2.75, 3.05) is 0 Å². The second-order valence-corrected chi connectivity index (χ2v) is 4.21. The first-order valence-corrected chi connectivity index (χ1v) is 5.03. The van der Waals surface area contributed by atoms with Crippen LogP contribution in [0, 0.1) is 0 Å². The van der Waals surface area contributed by atoms with Gasteiger partial charge in [-0.3, -0.25) is 0 Å². The van der Waals surface area contributed by atoms with E-state index in [4.69, 9.17) is 4.74 Å². The molecule has 0 radical (unpaired) electrons. The second-order valence-electron chi connectivity index (χ2n) is 4.21. The molecule has 0 amide bonds. The molecule has 0 aromatic carbocycles. The van der Waals surface area contributed by atoms with Crippen LogP contribution in [-0.4, -0.2) is 11.6 Å². The van der Waals surface area contributed by atoms with Crippen LogP contribution in [0.25, 0.3) is 0 Å². The van der Waals surface area contributed by atoms with Crippen molar-refractivity contribution >= 4 is 5.97 Å². The van der Waals surface area contributed by atoms with Crippen LogP contribution in [0.2, 0.25) is 0 Å². The summed E-state index contributed by atoms with van der Waals surface area (Å²) >= 11 is 0. The summed E-state index contributed by atoms with van der Waals surface area (Å²) in [6.07, 6.45) is 4.09. The summed E-state index contributed by atoms with van der Waals surface area (Å²) in [5, 5.41) is 0. The lowest BCUT2D eigenvalue weighted by molar-refractivity contribution is -0.151. The zero-order valence-corrected chi connectivity index (χ0v) is 9.06. The average Bonchev–Trinajstić information content (AvgIpc) is 2.10. The molecule has 1 aliphatic rings. The van der Waals surface area contributed by atoms with Gasteiger partial charge in [-0.1, -0.05) is 13.2 Å². The number of esters is 1. The molecule has 0 aliphatic heterocycles. The summed E-state index contributed by atoms with van der Waals surface area (Å²) in [5.74, 6) is -0.310. The Bertz CT molecular complexity index is 278. The monoisotopic (exact) mass is 194 g/mol. The molecule has 1 fully saturated rings. The summed E-state index contributed by atoms with van der Waals surface area (Å²) in [4.78, 5) is 11.4. The topological polar surface area (TPSA) is 26.3 Å². The molecule has 0 spiro atoms. The van der Waals surface area contributed by atoms with Crippen molar-refractivity contribution in [3.63, 3.8) is 0 Å². The minimum absolute atomic E-state index is 0.310. The number of carbonyl (C=O) groups excluding carboxylic acids is 1. The highest BCUT2D eigenvalue weighted by atomic mass is 16.6. The largest absolute Gasteiger partial charge is 0.452 e. The summed E-state index contributed by atoms with van der Waals surface area (Å²) in [5.41, 5.74) is 1.01. The van der Waals surface area contributed by atoms with Crippen LogP contribution >= 0.6 is 0 Å². The number of hydrogen-bond acceptors (Lipinski definition) is 2. The van der Waals surface area contributed by atoms with E-state index < -0.39 is 5.60 Å². The Morgan fingerprint density at radius 3 is 2.64 bits per heavy atom. The molecule has 0 N–H and O–H groups in total. The molecular weight excluding hydrogens is 176 g/mol. The van der Waals surface area contributed by atoms with Crippen LogP contribution in [0.4, 0.5) is 0 Å². The number of carbonyl (C=O) groups is 1. The average molecular weight is 194 g/mol. The molecule has 0 bridgehead atoms. The van der Waals surface area contributed by atoms with E-state index in [-0.39, 0.29) is 5.97 Å². The van der Waals surface area contributed by atoms with Gasteiger partial charge in [-0.2, -0.15) is 0 Å². The van der Waals surface area contributed by atoms with Gasteiger partial charge in [0.25, 0.3) is 0 Å². The van der Waals surface area contributed by atoms with Crippen LogP contribution in [0.1, 0.15) is 39.5 Å². The number of hydrogen-bond donors (Lipinski definition) is 0. The fourth-order valence-corrected chi connectivity index (χ4v) is 1.66. The fraction of sp³-hybridized carbons (Fsp3) is 0.583. The Morgan fingerprint density at radius 2 is 2.14 bits per heavy atom. The normalized spacial score (nSPS) is 27.1. The maximum absolute atomic E-state index is 11.4. The van der Waals surface area contributed by atoms with E-state index in [1.807, 2.05) is 6.92 Å². The first kappa shape index (κ1) is 11.0. The zero-order chi connectivity index (χ0) is 10.8. The first-order chi connectivity index (χ1) is 6.46. The van der Waals surface area contributed by atoms with Crippen molar-refractivity contribution in [1.29, 1.82) is 0 Å². The van der Waals surface area contributed by atoms with Gasteiger partial charge in [0.1, 0.15) is 5.60 Å². The van der Waals surface area contributed by atoms with Crippen LogP contribution in [0.3, 0.4) is 0 Å². The van der Waals surface area contributed by atoms with Crippen LogP contribution in [-0.2, 0) is 9.53 Å². The van der Waals surface area contributed by atoms with Crippen LogP contribution < -0.4 is 0 Å². The summed E-state index contributed by atoms with van der Waals surface area (Å²) in [6.45, 7) is 11.1. The van der Waals surface area contributed by atoms with Gasteiger partial charge in [-0.15, -0.1) is 0 Å². The SMILES string of the molecule is C=C(C)C(=O)OC1(C)CCCCC1=C. The van der Waals surface area contributed by atoms with E-state index in [0.29, 0.717) is 5.57 Å². The molecule has 1 aliphatic carbocycles. The van der Waals surface area contributed by atoms with Gasteiger partial charge >= 0.3 is 5.97 Å². The predicted molar refractivity (Wildman–Crippen MR) is 56.9 cm³/mol. The van der Waals surface area contributed by atoms with E-state index >= 15 is 0 Å². The third-order valence-electron chi connectivity index (χ3n) is 2.80. The van der Waals surface area contributed by atoms with Crippen molar-refractivity contribution < 1.29 is 9.53 Å². The smallest absolute Gasteiger partial charge is 0.333 e. The Kier molecular flexibility index (Phi) is 3.14. The molecular formula is C12H18O2. The summed E-state index contributed by atoms with van der Waals surface area (Å²) in [7, 11) is 0. The quantitative estimate of drug-likeness (QED) is 0.384. The molecule has 0 saturated heterocycles. The fourth-order valence-electron chi connectivity index (χ4n) is 1.66. The standard InChI is InChI=1S/C12H18O2/c1-9(2)11(13)14-12(4)8-6-5-7-10(12)3/h1,3,5-8H2,2,4H3. The van der Waals surface area contributed by atoms with Gasteiger partial charge in [0.15, 0.2) is 0 Å². The van der Waals surface area contributed by atoms with E-state index in [9.17, 15) is 4.79 Å². The molecule has 1 saturated carbocycles. The number of ether oxygens (including phenoxy) is 1. The van der Waals surface area contributed by atoms with Crippen molar-refractivity contribution in [1.82, 2.24) is 0 Å². The van der Waals surface area contributed by atoms with E-state index in [0.717, 1.165) is 31.3 Å². The molecule has 0 aromatic heterocycles. The van der Waals surface area contributed by atoms with Crippen LogP contribution in [0.5, 0.6) is 0 Å².